The zero-order valence-electron chi connectivity index (χ0n) is 15.0. The topological polar surface area (TPSA) is 82.5 Å². The van der Waals surface area contributed by atoms with Gasteiger partial charge in [0, 0.05) is 0 Å². The molecule has 1 amide bonds. The van der Waals surface area contributed by atoms with Gasteiger partial charge in [-0.15, -0.1) is 0 Å². The third-order valence-corrected chi connectivity index (χ3v) is 5.91. The number of aromatic nitrogens is 2. The van der Waals surface area contributed by atoms with Gasteiger partial charge in [-0.25, -0.2) is 4.68 Å². The van der Waals surface area contributed by atoms with Crippen LogP contribution in [0.25, 0.3) is 0 Å². The first kappa shape index (κ1) is 19.1. The van der Waals surface area contributed by atoms with Crippen LogP contribution in [0, 0.1) is 0 Å². The molecule has 2 aliphatic rings. The molecule has 1 fully saturated rings. The quantitative estimate of drug-likeness (QED) is 0.817. The molecule has 0 radical (unpaired) electrons. The number of hydrogen-bond acceptors (Lipinski definition) is 5. The van der Waals surface area contributed by atoms with Gasteiger partial charge in [0.25, 0.3) is 5.56 Å². The molecule has 2 heterocycles. The van der Waals surface area contributed by atoms with E-state index in [1.165, 1.54) is 6.20 Å². The Morgan fingerprint density at radius 3 is 2.64 bits per heavy atom. The monoisotopic (exact) mass is 423 g/mol. The highest BCUT2D eigenvalue weighted by molar-refractivity contribution is 6.41. The second kappa shape index (κ2) is 7.64. The third-order valence-electron chi connectivity index (χ3n) is 5.17. The lowest BCUT2D eigenvalue weighted by Crippen LogP contribution is -2.46. The van der Waals surface area contributed by atoms with Gasteiger partial charge < -0.3 is 14.8 Å². The van der Waals surface area contributed by atoms with Gasteiger partial charge in [-0.1, -0.05) is 42.1 Å². The van der Waals surface area contributed by atoms with Crippen LogP contribution in [-0.2, 0) is 16.9 Å². The maximum atomic E-state index is 12.7. The van der Waals surface area contributed by atoms with E-state index in [-0.39, 0.29) is 22.5 Å². The van der Waals surface area contributed by atoms with E-state index < -0.39 is 11.1 Å². The maximum absolute atomic E-state index is 12.7. The van der Waals surface area contributed by atoms with Crippen molar-refractivity contribution in [3.63, 3.8) is 0 Å². The Labute approximate surface area is 171 Å². The molecule has 0 saturated heterocycles. The van der Waals surface area contributed by atoms with Gasteiger partial charge in [-0.3, -0.25) is 9.59 Å². The molecule has 0 atom stereocenters. The van der Waals surface area contributed by atoms with Crippen molar-refractivity contribution in [2.75, 3.05) is 13.2 Å². The number of rotatable bonds is 4. The molecule has 1 saturated carbocycles. The van der Waals surface area contributed by atoms with Crippen LogP contribution in [0.15, 0.2) is 29.2 Å². The molecule has 28 heavy (non-hydrogen) atoms. The highest BCUT2D eigenvalue weighted by Crippen LogP contribution is 2.42. The zero-order chi connectivity index (χ0) is 19.7. The fourth-order valence-electron chi connectivity index (χ4n) is 3.81. The Balaban J connectivity index is 1.58. The van der Waals surface area contributed by atoms with Crippen molar-refractivity contribution in [2.45, 2.75) is 37.8 Å². The van der Waals surface area contributed by atoms with Crippen molar-refractivity contribution in [3.05, 3.63) is 50.4 Å². The molecular formula is C19H19Cl2N3O4. The van der Waals surface area contributed by atoms with Crippen molar-refractivity contribution < 1.29 is 14.3 Å². The van der Waals surface area contributed by atoms with Gasteiger partial charge in [0.05, 0.1) is 16.8 Å². The lowest BCUT2D eigenvalue weighted by molar-refractivity contribution is -0.124. The van der Waals surface area contributed by atoms with Gasteiger partial charge in [0.15, 0.2) is 11.5 Å². The number of halogens is 2. The summed E-state index contributed by atoms with van der Waals surface area (Å²) in [5, 5.41) is 6.93. The summed E-state index contributed by atoms with van der Waals surface area (Å²) in [6.07, 6.45) is 4.87. The van der Waals surface area contributed by atoms with Crippen molar-refractivity contribution in [3.8, 4) is 11.5 Å². The SMILES string of the molecule is O=C(Cn1ncc(Cl)c(Cl)c1=O)NC1(c2ccc3c(c2)OCCO3)CCCC1. The van der Waals surface area contributed by atoms with Crippen LogP contribution >= 0.6 is 23.2 Å². The normalized spacial score (nSPS) is 17.4. The summed E-state index contributed by atoms with van der Waals surface area (Å²) in [4.78, 5) is 24.9. The Bertz CT molecular complexity index is 970. The second-order valence-electron chi connectivity index (χ2n) is 6.97. The smallest absolute Gasteiger partial charge is 0.287 e. The summed E-state index contributed by atoms with van der Waals surface area (Å²) in [6, 6.07) is 5.77. The number of benzene rings is 1. The number of fused-ring (bicyclic) bond motifs is 1. The molecule has 7 nitrogen and oxygen atoms in total. The number of carbonyl (C=O) groups is 1. The summed E-state index contributed by atoms with van der Waals surface area (Å²) < 4.78 is 12.3. The molecule has 0 unspecified atom stereocenters. The predicted molar refractivity (Wildman–Crippen MR) is 104 cm³/mol. The summed E-state index contributed by atoms with van der Waals surface area (Å²) >= 11 is 11.7. The molecular weight excluding hydrogens is 405 g/mol. The van der Waals surface area contributed by atoms with E-state index in [1.807, 2.05) is 18.2 Å². The van der Waals surface area contributed by atoms with E-state index >= 15 is 0 Å². The van der Waals surface area contributed by atoms with Crippen LogP contribution < -0.4 is 20.3 Å². The minimum atomic E-state index is -0.593. The Morgan fingerprint density at radius 2 is 1.89 bits per heavy atom. The molecule has 4 rings (SSSR count). The van der Waals surface area contributed by atoms with E-state index in [0.717, 1.165) is 35.9 Å². The Kier molecular flexibility index (Phi) is 5.21. The number of amides is 1. The average Bonchev–Trinajstić information content (AvgIpc) is 3.17. The molecule has 1 aliphatic carbocycles. The minimum Gasteiger partial charge on any atom is -0.486 e. The molecule has 1 aliphatic heterocycles. The summed E-state index contributed by atoms with van der Waals surface area (Å²) in [6.45, 7) is 0.795. The molecule has 1 aromatic carbocycles. The lowest BCUT2D eigenvalue weighted by atomic mass is 9.87. The molecule has 148 valence electrons. The first-order valence-corrected chi connectivity index (χ1v) is 9.86. The van der Waals surface area contributed by atoms with Gasteiger partial charge >= 0.3 is 0 Å². The van der Waals surface area contributed by atoms with Gasteiger partial charge in [-0.05, 0) is 30.5 Å². The highest BCUT2D eigenvalue weighted by atomic mass is 35.5. The number of nitrogens with zero attached hydrogens (tertiary/aromatic N) is 2. The number of nitrogens with one attached hydrogen (secondary N) is 1. The second-order valence-corrected chi connectivity index (χ2v) is 7.75. The summed E-state index contributed by atoms with van der Waals surface area (Å²) in [5.41, 5.74) is -0.131. The van der Waals surface area contributed by atoms with E-state index in [2.05, 4.69) is 10.4 Å². The first-order valence-electron chi connectivity index (χ1n) is 9.11. The standard InChI is InChI=1S/C19H19Cl2N3O4/c20-13-10-22-24(18(26)17(13)21)11-16(25)23-19(5-1-2-6-19)12-3-4-14-15(9-12)28-8-7-27-14/h3-4,9-10H,1-2,5-8,11H2,(H,23,25). The van der Waals surface area contributed by atoms with Crippen molar-refractivity contribution in [2.24, 2.45) is 0 Å². The number of carbonyl (C=O) groups excluding carboxylic acids is 1. The van der Waals surface area contributed by atoms with Crippen LogP contribution in [0.1, 0.15) is 31.2 Å². The minimum absolute atomic E-state index is 0.0619. The molecule has 0 spiro atoms. The van der Waals surface area contributed by atoms with E-state index in [1.54, 1.807) is 0 Å². The highest BCUT2D eigenvalue weighted by Gasteiger charge is 2.38. The largest absolute Gasteiger partial charge is 0.486 e. The predicted octanol–water partition coefficient (Wildman–Crippen LogP) is 2.91. The number of hydrogen-bond donors (Lipinski definition) is 1. The summed E-state index contributed by atoms with van der Waals surface area (Å²) in [5.74, 6) is 1.08. The first-order chi connectivity index (χ1) is 13.5. The molecule has 1 N–H and O–H groups in total. The van der Waals surface area contributed by atoms with Crippen molar-refractivity contribution >= 4 is 29.1 Å². The van der Waals surface area contributed by atoms with E-state index in [4.69, 9.17) is 32.7 Å². The van der Waals surface area contributed by atoms with Gasteiger partial charge in [0.1, 0.15) is 24.8 Å². The van der Waals surface area contributed by atoms with Crippen molar-refractivity contribution in [1.82, 2.24) is 15.1 Å². The molecule has 9 heteroatoms. The van der Waals surface area contributed by atoms with E-state index in [9.17, 15) is 9.59 Å². The zero-order valence-corrected chi connectivity index (χ0v) is 16.6. The molecule has 0 bridgehead atoms. The fourth-order valence-corrected chi connectivity index (χ4v) is 4.08. The van der Waals surface area contributed by atoms with Crippen molar-refractivity contribution in [1.29, 1.82) is 0 Å². The van der Waals surface area contributed by atoms with E-state index in [0.29, 0.717) is 24.7 Å². The van der Waals surface area contributed by atoms with Crippen LogP contribution in [0.2, 0.25) is 10.0 Å². The van der Waals surface area contributed by atoms with Crippen LogP contribution in [0.3, 0.4) is 0 Å². The molecule has 1 aromatic heterocycles. The number of ether oxygens (including phenoxy) is 2. The van der Waals surface area contributed by atoms with Gasteiger partial charge in [0.2, 0.25) is 5.91 Å². The maximum Gasteiger partial charge on any atom is 0.287 e. The Hall–Kier alpha value is -2.25. The summed E-state index contributed by atoms with van der Waals surface area (Å²) in [7, 11) is 0. The third kappa shape index (κ3) is 3.56. The van der Waals surface area contributed by atoms with Gasteiger partial charge in [-0.2, -0.15) is 5.10 Å². The average molecular weight is 424 g/mol. The lowest BCUT2D eigenvalue weighted by Gasteiger charge is -2.32. The van der Waals surface area contributed by atoms with Crippen LogP contribution in [-0.4, -0.2) is 28.9 Å². The Morgan fingerprint density at radius 1 is 1.18 bits per heavy atom. The van der Waals surface area contributed by atoms with Crippen LogP contribution in [0.4, 0.5) is 0 Å². The fraction of sp³-hybridized carbons (Fsp3) is 0.421. The van der Waals surface area contributed by atoms with Crippen LogP contribution in [0.5, 0.6) is 11.5 Å². The molecule has 2 aromatic rings.